The molecule has 98 valence electrons. The van der Waals surface area contributed by atoms with Crippen molar-refractivity contribution < 1.29 is 19.1 Å². The van der Waals surface area contributed by atoms with Gasteiger partial charge in [-0.3, -0.25) is 9.59 Å². The molecular formula is C12H16N2O4. The molecule has 2 rings (SSSR count). The largest absolute Gasteiger partial charge is 0.464 e. The second-order valence-electron chi connectivity index (χ2n) is 4.42. The van der Waals surface area contributed by atoms with Crippen LogP contribution in [0.3, 0.4) is 0 Å². The van der Waals surface area contributed by atoms with E-state index in [0.29, 0.717) is 11.5 Å². The molecule has 1 atom stereocenters. The van der Waals surface area contributed by atoms with E-state index in [1.165, 1.54) is 0 Å². The fourth-order valence-corrected chi connectivity index (χ4v) is 1.48. The molecule has 18 heavy (non-hydrogen) atoms. The summed E-state index contributed by atoms with van der Waals surface area (Å²) in [5.41, 5.74) is 0. The van der Waals surface area contributed by atoms with Gasteiger partial charge in [-0.2, -0.15) is 0 Å². The second-order valence-corrected chi connectivity index (χ2v) is 4.42. The maximum Gasteiger partial charge on any atom is 0.309 e. The first-order chi connectivity index (χ1) is 8.56. The van der Waals surface area contributed by atoms with Crippen molar-refractivity contribution in [1.82, 2.24) is 10.6 Å². The van der Waals surface area contributed by atoms with Crippen LogP contribution in [0.25, 0.3) is 0 Å². The summed E-state index contributed by atoms with van der Waals surface area (Å²) >= 11 is 0. The summed E-state index contributed by atoms with van der Waals surface area (Å²) < 4.78 is 5.21. The standard InChI is InChI=1S/C12H16N2O4/c1-7-2-5-10(18-7)9(15)6-13-11(16)12(17)14-8-3-4-8/h2,5,8-9,15H,3-4,6H2,1H3,(H,13,16)(H,14,17). The third kappa shape index (κ3) is 3.33. The molecule has 1 aliphatic rings. The van der Waals surface area contributed by atoms with E-state index in [4.69, 9.17) is 4.42 Å². The van der Waals surface area contributed by atoms with Crippen molar-refractivity contribution in [3.63, 3.8) is 0 Å². The van der Waals surface area contributed by atoms with Crippen molar-refractivity contribution in [2.45, 2.75) is 31.9 Å². The van der Waals surface area contributed by atoms with Crippen LogP contribution in [0.15, 0.2) is 16.5 Å². The predicted molar refractivity (Wildman–Crippen MR) is 62.6 cm³/mol. The number of furan rings is 1. The fraction of sp³-hybridized carbons (Fsp3) is 0.500. The number of nitrogens with one attached hydrogen (secondary N) is 2. The van der Waals surface area contributed by atoms with E-state index >= 15 is 0 Å². The van der Waals surface area contributed by atoms with E-state index in [9.17, 15) is 14.7 Å². The zero-order valence-corrected chi connectivity index (χ0v) is 10.1. The lowest BCUT2D eigenvalue weighted by Gasteiger charge is -2.09. The lowest BCUT2D eigenvalue weighted by Crippen LogP contribution is -2.42. The Hall–Kier alpha value is -1.82. The van der Waals surface area contributed by atoms with Gasteiger partial charge in [-0.1, -0.05) is 0 Å². The van der Waals surface area contributed by atoms with Crippen molar-refractivity contribution in [2.24, 2.45) is 0 Å². The van der Waals surface area contributed by atoms with Gasteiger partial charge in [0.2, 0.25) is 0 Å². The third-order valence-electron chi connectivity index (χ3n) is 2.66. The molecule has 0 bridgehead atoms. The molecular weight excluding hydrogens is 236 g/mol. The number of aryl methyl sites for hydroxylation is 1. The highest BCUT2D eigenvalue weighted by atomic mass is 16.4. The first-order valence-electron chi connectivity index (χ1n) is 5.89. The summed E-state index contributed by atoms with van der Waals surface area (Å²) in [7, 11) is 0. The molecule has 1 aromatic heterocycles. The topological polar surface area (TPSA) is 91.6 Å². The molecule has 1 aromatic rings. The molecule has 1 unspecified atom stereocenters. The van der Waals surface area contributed by atoms with Gasteiger partial charge in [-0.15, -0.1) is 0 Å². The molecule has 0 radical (unpaired) electrons. The third-order valence-corrected chi connectivity index (χ3v) is 2.66. The SMILES string of the molecule is Cc1ccc(C(O)CNC(=O)C(=O)NC2CC2)o1. The van der Waals surface area contributed by atoms with Crippen LogP contribution in [0, 0.1) is 6.92 Å². The molecule has 0 saturated heterocycles. The highest BCUT2D eigenvalue weighted by Crippen LogP contribution is 2.18. The number of hydrogen-bond acceptors (Lipinski definition) is 4. The van der Waals surface area contributed by atoms with Crippen LogP contribution in [-0.4, -0.2) is 29.5 Å². The number of aliphatic hydroxyl groups is 1. The second kappa shape index (κ2) is 5.22. The zero-order valence-electron chi connectivity index (χ0n) is 10.1. The molecule has 0 spiro atoms. The maximum absolute atomic E-state index is 11.4. The Kier molecular flexibility index (Phi) is 3.66. The summed E-state index contributed by atoms with van der Waals surface area (Å²) in [4.78, 5) is 22.7. The smallest absolute Gasteiger partial charge is 0.309 e. The molecule has 6 nitrogen and oxygen atoms in total. The van der Waals surface area contributed by atoms with Crippen LogP contribution in [0.1, 0.15) is 30.5 Å². The van der Waals surface area contributed by atoms with E-state index < -0.39 is 17.9 Å². The quantitative estimate of drug-likeness (QED) is 0.659. The molecule has 2 amide bonds. The Balaban J connectivity index is 1.76. The van der Waals surface area contributed by atoms with Gasteiger partial charge >= 0.3 is 11.8 Å². The zero-order chi connectivity index (χ0) is 13.1. The molecule has 1 aliphatic carbocycles. The highest BCUT2D eigenvalue weighted by molar-refractivity contribution is 6.35. The minimum Gasteiger partial charge on any atom is -0.464 e. The Morgan fingerprint density at radius 1 is 1.44 bits per heavy atom. The molecule has 1 heterocycles. The van der Waals surface area contributed by atoms with Crippen molar-refractivity contribution in [3.05, 3.63) is 23.7 Å². The lowest BCUT2D eigenvalue weighted by molar-refractivity contribution is -0.139. The number of carbonyl (C=O) groups excluding carboxylic acids is 2. The van der Waals surface area contributed by atoms with Gasteiger partial charge in [0.1, 0.15) is 17.6 Å². The van der Waals surface area contributed by atoms with Gasteiger partial charge in [0, 0.05) is 6.04 Å². The average molecular weight is 252 g/mol. The summed E-state index contributed by atoms with van der Waals surface area (Å²) in [5, 5.41) is 14.6. The first-order valence-corrected chi connectivity index (χ1v) is 5.89. The van der Waals surface area contributed by atoms with Gasteiger partial charge in [-0.25, -0.2) is 0 Å². The Bertz CT molecular complexity index is 451. The van der Waals surface area contributed by atoms with Crippen LogP contribution in [0.2, 0.25) is 0 Å². The van der Waals surface area contributed by atoms with Gasteiger partial charge in [0.15, 0.2) is 0 Å². The molecule has 0 aliphatic heterocycles. The van der Waals surface area contributed by atoms with Gasteiger partial charge in [0.25, 0.3) is 0 Å². The predicted octanol–water partition coefficient (Wildman–Crippen LogP) is 0.0162. The Labute approximate surface area is 104 Å². The van der Waals surface area contributed by atoms with Crippen LogP contribution >= 0.6 is 0 Å². The molecule has 0 aromatic carbocycles. The maximum atomic E-state index is 11.4. The number of aliphatic hydroxyl groups excluding tert-OH is 1. The number of carbonyl (C=O) groups is 2. The van der Waals surface area contributed by atoms with Gasteiger partial charge in [0.05, 0.1) is 6.54 Å². The Morgan fingerprint density at radius 2 is 2.17 bits per heavy atom. The lowest BCUT2D eigenvalue weighted by atomic mass is 10.2. The Morgan fingerprint density at radius 3 is 2.72 bits per heavy atom. The first kappa shape index (κ1) is 12.6. The minimum absolute atomic E-state index is 0.0517. The fourth-order valence-electron chi connectivity index (χ4n) is 1.48. The van der Waals surface area contributed by atoms with Gasteiger partial charge < -0.3 is 20.2 Å². The van der Waals surface area contributed by atoms with E-state index in [1.807, 2.05) is 0 Å². The van der Waals surface area contributed by atoms with Crippen LogP contribution in [-0.2, 0) is 9.59 Å². The summed E-state index contributed by atoms with van der Waals surface area (Å²) in [6, 6.07) is 3.50. The van der Waals surface area contributed by atoms with Crippen LogP contribution in [0.5, 0.6) is 0 Å². The average Bonchev–Trinajstić information content (AvgIpc) is 3.04. The van der Waals surface area contributed by atoms with E-state index in [2.05, 4.69) is 10.6 Å². The molecule has 6 heteroatoms. The highest BCUT2D eigenvalue weighted by Gasteiger charge is 2.26. The van der Waals surface area contributed by atoms with Crippen molar-refractivity contribution in [2.75, 3.05) is 6.54 Å². The molecule has 3 N–H and O–H groups in total. The van der Waals surface area contributed by atoms with Gasteiger partial charge in [-0.05, 0) is 31.9 Å². The summed E-state index contributed by atoms with van der Waals surface area (Å²) in [6.07, 6.45) is 0.900. The minimum atomic E-state index is -0.948. The van der Waals surface area contributed by atoms with Crippen molar-refractivity contribution >= 4 is 11.8 Å². The number of rotatable bonds is 4. The normalized spacial score (nSPS) is 16.1. The summed E-state index contributed by atoms with van der Waals surface area (Å²) in [6.45, 7) is 1.71. The number of amides is 2. The number of hydrogen-bond donors (Lipinski definition) is 3. The molecule has 1 saturated carbocycles. The van der Waals surface area contributed by atoms with Crippen molar-refractivity contribution in [1.29, 1.82) is 0 Å². The van der Waals surface area contributed by atoms with E-state index in [-0.39, 0.29) is 12.6 Å². The van der Waals surface area contributed by atoms with Crippen LogP contribution < -0.4 is 10.6 Å². The van der Waals surface area contributed by atoms with Crippen LogP contribution in [0.4, 0.5) is 0 Å². The summed E-state index contributed by atoms with van der Waals surface area (Å²) in [5.74, 6) is -0.332. The monoisotopic (exact) mass is 252 g/mol. The molecule has 1 fully saturated rings. The van der Waals surface area contributed by atoms with E-state index in [1.54, 1.807) is 19.1 Å². The van der Waals surface area contributed by atoms with E-state index in [0.717, 1.165) is 12.8 Å². The van der Waals surface area contributed by atoms with Crippen molar-refractivity contribution in [3.8, 4) is 0 Å².